The lowest BCUT2D eigenvalue weighted by atomic mass is 10.2. The van der Waals surface area contributed by atoms with Crippen molar-refractivity contribution in [3.05, 3.63) is 21.9 Å². The van der Waals surface area contributed by atoms with Crippen LogP contribution in [-0.4, -0.2) is 47.6 Å². The predicted molar refractivity (Wildman–Crippen MR) is 87.5 cm³/mol. The van der Waals surface area contributed by atoms with Crippen LogP contribution < -0.4 is 0 Å². The topological polar surface area (TPSA) is 40.5 Å². The Hall–Kier alpha value is -0.960. The summed E-state index contributed by atoms with van der Waals surface area (Å²) in [7, 11) is 1.86. The smallest absolute Gasteiger partial charge is 0.254 e. The van der Waals surface area contributed by atoms with Crippen LogP contribution >= 0.6 is 23.1 Å². The molecule has 0 aliphatic carbocycles. The Balaban J connectivity index is 2.75. The average molecular weight is 311 g/mol. The number of carbonyl (C=O) groups is 1. The Morgan fingerprint density at radius 3 is 2.95 bits per heavy atom. The molecule has 0 bridgehead atoms. The normalized spacial score (nSPS) is 11.6. The molecule has 1 atom stereocenters. The van der Waals surface area contributed by atoms with Crippen LogP contribution in [0.25, 0.3) is 0 Å². The van der Waals surface area contributed by atoms with Gasteiger partial charge in [0, 0.05) is 30.6 Å². The molecule has 1 unspecified atom stereocenters. The third-order valence-corrected chi connectivity index (χ3v) is 4.56. The highest BCUT2D eigenvalue weighted by Gasteiger charge is 2.20. The number of hydrogen-bond donors (Lipinski definition) is 1. The van der Waals surface area contributed by atoms with Crippen LogP contribution in [0.15, 0.2) is 11.4 Å². The molecule has 1 aromatic rings. The number of aliphatic hydroxyl groups is 1. The van der Waals surface area contributed by atoms with Gasteiger partial charge >= 0.3 is 0 Å². The first-order valence-electron chi connectivity index (χ1n) is 6.58. The van der Waals surface area contributed by atoms with Crippen LogP contribution in [0.5, 0.6) is 0 Å². The van der Waals surface area contributed by atoms with E-state index in [1.807, 2.05) is 23.4 Å². The fourth-order valence-electron chi connectivity index (χ4n) is 1.78. The SMILES string of the molecule is CCC(CSC)N(C)C(=O)c1csc(C#CCCO)c1. The highest BCUT2D eigenvalue weighted by molar-refractivity contribution is 7.98. The van der Waals surface area contributed by atoms with E-state index in [0.29, 0.717) is 12.0 Å². The Morgan fingerprint density at radius 1 is 1.60 bits per heavy atom. The summed E-state index contributed by atoms with van der Waals surface area (Å²) in [5.41, 5.74) is 0.699. The van der Waals surface area contributed by atoms with E-state index >= 15 is 0 Å². The van der Waals surface area contributed by atoms with E-state index in [1.165, 1.54) is 11.3 Å². The van der Waals surface area contributed by atoms with Gasteiger partial charge in [-0.1, -0.05) is 18.8 Å². The van der Waals surface area contributed by atoms with Crippen molar-refractivity contribution < 1.29 is 9.90 Å². The Labute approximate surface area is 129 Å². The van der Waals surface area contributed by atoms with Crippen LogP contribution in [0.4, 0.5) is 0 Å². The molecule has 0 aliphatic heterocycles. The molecule has 1 rings (SSSR count). The van der Waals surface area contributed by atoms with E-state index < -0.39 is 0 Å². The van der Waals surface area contributed by atoms with E-state index in [-0.39, 0.29) is 18.6 Å². The number of hydrogen-bond acceptors (Lipinski definition) is 4. The van der Waals surface area contributed by atoms with Crippen LogP contribution in [0.2, 0.25) is 0 Å². The van der Waals surface area contributed by atoms with Gasteiger partial charge in [0.2, 0.25) is 0 Å². The summed E-state index contributed by atoms with van der Waals surface area (Å²) in [5.74, 6) is 6.83. The number of thiophene rings is 1. The molecule has 1 amide bonds. The van der Waals surface area contributed by atoms with Crippen LogP contribution in [0.3, 0.4) is 0 Å². The van der Waals surface area contributed by atoms with E-state index in [9.17, 15) is 4.79 Å². The van der Waals surface area contributed by atoms with Gasteiger partial charge in [0.1, 0.15) is 0 Å². The second-order valence-electron chi connectivity index (χ2n) is 4.41. The molecule has 0 fully saturated rings. The van der Waals surface area contributed by atoms with Gasteiger partial charge in [0.15, 0.2) is 0 Å². The Morgan fingerprint density at radius 2 is 2.35 bits per heavy atom. The summed E-state index contributed by atoms with van der Waals surface area (Å²) in [5, 5.41) is 10.5. The van der Waals surface area contributed by atoms with Crippen molar-refractivity contribution in [2.24, 2.45) is 0 Å². The molecule has 110 valence electrons. The molecule has 1 aromatic heterocycles. The van der Waals surface area contributed by atoms with Crippen molar-refractivity contribution in [1.29, 1.82) is 0 Å². The van der Waals surface area contributed by atoms with Gasteiger partial charge in [-0.05, 0) is 18.7 Å². The Bertz CT molecular complexity index is 488. The van der Waals surface area contributed by atoms with Crippen molar-refractivity contribution in [3.63, 3.8) is 0 Å². The molecular weight excluding hydrogens is 290 g/mol. The van der Waals surface area contributed by atoms with Gasteiger partial charge in [-0.15, -0.1) is 11.3 Å². The largest absolute Gasteiger partial charge is 0.395 e. The number of amides is 1. The molecule has 0 radical (unpaired) electrons. The minimum Gasteiger partial charge on any atom is -0.395 e. The molecule has 0 aromatic carbocycles. The van der Waals surface area contributed by atoms with Gasteiger partial charge in [-0.25, -0.2) is 0 Å². The summed E-state index contributed by atoms with van der Waals surface area (Å²) in [4.78, 5) is 15.1. The molecule has 1 heterocycles. The summed E-state index contributed by atoms with van der Waals surface area (Å²) in [6, 6.07) is 2.10. The fraction of sp³-hybridized carbons (Fsp3) is 0.533. The lowest BCUT2D eigenvalue weighted by Gasteiger charge is -2.26. The zero-order chi connectivity index (χ0) is 15.0. The monoisotopic (exact) mass is 311 g/mol. The lowest BCUT2D eigenvalue weighted by molar-refractivity contribution is 0.0744. The van der Waals surface area contributed by atoms with Crippen molar-refractivity contribution in [2.45, 2.75) is 25.8 Å². The molecule has 5 heteroatoms. The molecule has 0 aliphatic rings. The summed E-state index contributed by atoms with van der Waals surface area (Å²) < 4.78 is 0. The van der Waals surface area contributed by atoms with Crippen LogP contribution in [0.1, 0.15) is 35.0 Å². The molecule has 3 nitrogen and oxygen atoms in total. The van der Waals surface area contributed by atoms with Crippen molar-refractivity contribution in [1.82, 2.24) is 4.90 Å². The average Bonchev–Trinajstić information content (AvgIpc) is 2.92. The quantitative estimate of drug-likeness (QED) is 0.821. The number of aliphatic hydroxyl groups excluding tert-OH is 1. The highest BCUT2D eigenvalue weighted by Crippen LogP contribution is 2.18. The second kappa shape index (κ2) is 9.06. The fourth-order valence-corrected chi connectivity index (χ4v) is 3.38. The molecule has 0 spiro atoms. The molecule has 20 heavy (non-hydrogen) atoms. The van der Waals surface area contributed by atoms with Crippen molar-refractivity contribution >= 4 is 29.0 Å². The minimum absolute atomic E-state index is 0.0531. The van der Waals surface area contributed by atoms with E-state index in [0.717, 1.165) is 17.1 Å². The maximum Gasteiger partial charge on any atom is 0.254 e. The van der Waals surface area contributed by atoms with Gasteiger partial charge in [-0.3, -0.25) is 4.79 Å². The van der Waals surface area contributed by atoms with Crippen LogP contribution in [0, 0.1) is 11.8 Å². The Kier molecular flexibility index (Phi) is 7.75. The maximum absolute atomic E-state index is 12.4. The standard InChI is InChI=1S/C15H21NO2S2/c1-4-13(11-19-3)16(2)15(18)12-9-14(20-10-12)7-5-6-8-17/h9-10,13,17H,4,6,8,11H2,1-3H3. The van der Waals surface area contributed by atoms with Gasteiger partial charge in [0.05, 0.1) is 17.0 Å². The minimum atomic E-state index is 0.0531. The first-order chi connectivity index (χ1) is 9.63. The van der Waals surface area contributed by atoms with E-state index in [2.05, 4.69) is 25.0 Å². The zero-order valence-corrected chi connectivity index (χ0v) is 13.8. The van der Waals surface area contributed by atoms with Crippen molar-refractivity contribution in [3.8, 4) is 11.8 Å². The van der Waals surface area contributed by atoms with Crippen molar-refractivity contribution in [2.75, 3.05) is 25.7 Å². The maximum atomic E-state index is 12.4. The number of rotatable bonds is 6. The van der Waals surface area contributed by atoms with E-state index in [4.69, 9.17) is 5.11 Å². The van der Waals surface area contributed by atoms with Gasteiger partial charge in [-0.2, -0.15) is 11.8 Å². The third-order valence-electron chi connectivity index (χ3n) is 2.99. The van der Waals surface area contributed by atoms with Gasteiger partial charge in [0.25, 0.3) is 5.91 Å². The first kappa shape index (κ1) is 17.1. The summed E-state index contributed by atoms with van der Waals surface area (Å²) in [6.07, 6.45) is 3.48. The van der Waals surface area contributed by atoms with Gasteiger partial charge < -0.3 is 10.0 Å². The van der Waals surface area contributed by atoms with E-state index in [1.54, 1.807) is 11.8 Å². The molecule has 0 saturated carbocycles. The zero-order valence-electron chi connectivity index (χ0n) is 12.2. The summed E-state index contributed by atoms with van der Waals surface area (Å²) in [6.45, 7) is 2.17. The molecular formula is C15H21NO2S2. The number of nitrogens with zero attached hydrogens (tertiary/aromatic N) is 1. The molecule has 0 saturated heterocycles. The van der Waals surface area contributed by atoms with Crippen LogP contribution in [-0.2, 0) is 0 Å². The predicted octanol–water partition coefficient (Wildman–Crippen LogP) is 2.70. The third kappa shape index (κ3) is 4.86. The lowest BCUT2D eigenvalue weighted by Crippen LogP contribution is -2.38. The first-order valence-corrected chi connectivity index (χ1v) is 8.85. The second-order valence-corrected chi connectivity index (χ2v) is 6.23. The number of carbonyl (C=O) groups excluding carboxylic acids is 1. The molecule has 1 N–H and O–H groups in total. The highest BCUT2D eigenvalue weighted by atomic mass is 32.2. The number of thioether (sulfide) groups is 1. The summed E-state index contributed by atoms with van der Waals surface area (Å²) >= 11 is 3.23.